The van der Waals surface area contributed by atoms with Crippen molar-refractivity contribution in [3.8, 4) is 5.75 Å². The van der Waals surface area contributed by atoms with Crippen LogP contribution in [-0.4, -0.2) is 22.4 Å². The highest BCUT2D eigenvalue weighted by Gasteiger charge is 2.56. The van der Waals surface area contributed by atoms with E-state index in [1.807, 2.05) is 92.7 Å². The van der Waals surface area contributed by atoms with E-state index in [-0.39, 0.29) is 17.7 Å². The molecular formula is C27H26N2O3. The van der Waals surface area contributed by atoms with E-state index in [1.165, 1.54) is 0 Å². The van der Waals surface area contributed by atoms with Gasteiger partial charge in [0.15, 0.2) is 5.72 Å². The summed E-state index contributed by atoms with van der Waals surface area (Å²) in [5.41, 5.74) is 2.91. The Hall–Kier alpha value is -3.60. The molecule has 2 bridgehead atoms. The first-order valence-corrected chi connectivity index (χ1v) is 11.0. The summed E-state index contributed by atoms with van der Waals surface area (Å²) in [7, 11) is 0. The molecule has 1 fully saturated rings. The van der Waals surface area contributed by atoms with Gasteiger partial charge < -0.3 is 10.1 Å². The van der Waals surface area contributed by atoms with Crippen molar-refractivity contribution in [1.82, 2.24) is 4.90 Å². The fourth-order valence-electron chi connectivity index (χ4n) is 4.88. The van der Waals surface area contributed by atoms with E-state index in [9.17, 15) is 9.59 Å². The van der Waals surface area contributed by atoms with E-state index < -0.39 is 11.6 Å². The normalized spacial score (nSPS) is 23.8. The number of aryl methyl sites for hydroxylation is 1. The third-order valence-corrected chi connectivity index (χ3v) is 6.54. The van der Waals surface area contributed by atoms with Crippen LogP contribution in [0.3, 0.4) is 0 Å². The van der Waals surface area contributed by atoms with Crippen LogP contribution in [0.5, 0.6) is 5.75 Å². The van der Waals surface area contributed by atoms with Gasteiger partial charge in [0, 0.05) is 24.6 Å². The summed E-state index contributed by atoms with van der Waals surface area (Å²) in [5, 5.41) is 2.97. The van der Waals surface area contributed by atoms with Crippen molar-refractivity contribution in [2.24, 2.45) is 5.92 Å². The Labute approximate surface area is 188 Å². The van der Waals surface area contributed by atoms with Crippen LogP contribution >= 0.6 is 0 Å². The van der Waals surface area contributed by atoms with Gasteiger partial charge in [0.05, 0.1) is 0 Å². The summed E-state index contributed by atoms with van der Waals surface area (Å²) < 4.78 is 6.38. The van der Waals surface area contributed by atoms with E-state index in [1.54, 1.807) is 4.90 Å². The average Bonchev–Trinajstić information content (AvgIpc) is 2.79. The molecule has 1 N–H and O–H groups in total. The maximum Gasteiger partial charge on any atom is 0.239 e. The van der Waals surface area contributed by atoms with E-state index in [0.29, 0.717) is 18.7 Å². The van der Waals surface area contributed by atoms with Gasteiger partial charge in [-0.25, -0.2) is 0 Å². The smallest absolute Gasteiger partial charge is 0.239 e. The molecule has 2 aliphatic heterocycles. The number of anilines is 1. The van der Waals surface area contributed by atoms with Crippen LogP contribution in [-0.2, 0) is 16.1 Å². The minimum Gasteiger partial charge on any atom is -0.468 e. The molecule has 5 heteroatoms. The van der Waals surface area contributed by atoms with Gasteiger partial charge in [-0.15, -0.1) is 0 Å². The monoisotopic (exact) mass is 426 g/mol. The van der Waals surface area contributed by atoms with Gasteiger partial charge in [-0.1, -0.05) is 66.2 Å². The number of hydrogen-bond acceptors (Lipinski definition) is 3. The fourth-order valence-corrected chi connectivity index (χ4v) is 4.88. The standard InChI is InChI=1S/C27H26N2O3/c1-18-12-14-20(15-13-18)28-25(30)24-22-16-27(2,32-23-11-7-6-10-21(22)23)29(26(24)31)17-19-8-4-3-5-9-19/h3-15,22,24H,16-17H2,1-2H3,(H,28,30)/t22-,24+,27+/m1/s1. The molecule has 3 atom stereocenters. The zero-order chi connectivity index (χ0) is 22.3. The molecule has 0 aliphatic carbocycles. The molecule has 5 rings (SSSR count). The van der Waals surface area contributed by atoms with Gasteiger partial charge in [-0.05, 0) is 43.2 Å². The number of fused-ring (bicyclic) bond motifs is 4. The van der Waals surface area contributed by atoms with Crippen molar-refractivity contribution < 1.29 is 14.3 Å². The summed E-state index contributed by atoms with van der Waals surface area (Å²) in [6.07, 6.45) is 0.564. The molecule has 5 nitrogen and oxygen atoms in total. The number of benzene rings is 3. The molecule has 3 aromatic carbocycles. The Bertz CT molecular complexity index is 1160. The van der Waals surface area contributed by atoms with Gasteiger partial charge in [-0.3, -0.25) is 14.5 Å². The lowest BCUT2D eigenvalue weighted by atomic mass is 9.73. The Morgan fingerprint density at radius 3 is 2.47 bits per heavy atom. The van der Waals surface area contributed by atoms with Crippen LogP contribution in [0.4, 0.5) is 5.69 Å². The zero-order valence-electron chi connectivity index (χ0n) is 18.2. The maximum absolute atomic E-state index is 13.8. The lowest BCUT2D eigenvalue weighted by Gasteiger charge is -2.52. The second-order valence-corrected chi connectivity index (χ2v) is 8.87. The molecule has 0 unspecified atom stereocenters. The number of nitrogens with zero attached hydrogens (tertiary/aromatic N) is 1. The quantitative estimate of drug-likeness (QED) is 0.605. The summed E-state index contributed by atoms with van der Waals surface area (Å²) in [5.74, 6) is -0.801. The SMILES string of the molecule is Cc1ccc(NC(=O)[C@H]2C(=O)N(Cc3ccccc3)[C@]3(C)C[C@@H]2c2ccccc2O3)cc1. The molecule has 0 radical (unpaired) electrons. The Kier molecular flexibility index (Phi) is 4.97. The fraction of sp³-hybridized carbons (Fsp3) is 0.259. The van der Waals surface area contributed by atoms with Crippen molar-refractivity contribution in [1.29, 1.82) is 0 Å². The summed E-state index contributed by atoms with van der Waals surface area (Å²) in [4.78, 5) is 29.0. The molecule has 32 heavy (non-hydrogen) atoms. The van der Waals surface area contributed by atoms with Gasteiger partial charge in [0.2, 0.25) is 11.8 Å². The predicted molar refractivity (Wildman–Crippen MR) is 123 cm³/mol. The molecule has 2 heterocycles. The number of para-hydroxylation sites is 1. The predicted octanol–water partition coefficient (Wildman–Crippen LogP) is 4.87. The van der Waals surface area contributed by atoms with Crippen LogP contribution in [0.1, 0.15) is 36.0 Å². The van der Waals surface area contributed by atoms with Gasteiger partial charge in [-0.2, -0.15) is 0 Å². The second kappa shape index (κ2) is 7.83. The first-order valence-electron chi connectivity index (χ1n) is 11.0. The topological polar surface area (TPSA) is 58.6 Å². The van der Waals surface area contributed by atoms with Crippen molar-refractivity contribution in [2.75, 3.05) is 5.32 Å². The lowest BCUT2D eigenvalue weighted by molar-refractivity contribution is -0.177. The summed E-state index contributed by atoms with van der Waals surface area (Å²) >= 11 is 0. The largest absolute Gasteiger partial charge is 0.468 e. The highest BCUT2D eigenvalue weighted by molar-refractivity contribution is 6.08. The molecule has 0 spiro atoms. The first kappa shape index (κ1) is 20.3. The highest BCUT2D eigenvalue weighted by Crippen LogP contribution is 2.50. The number of likely N-dealkylation sites (tertiary alicyclic amines) is 1. The van der Waals surface area contributed by atoms with E-state index in [0.717, 1.165) is 22.4 Å². The molecule has 0 aromatic heterocycles. The molecule has 2 amide bonds. The molecule has 3 aromatic rings. The Morgan fingerprint density at radius 1 is 1.03 bits per heavy atom. The third-order valence-electron chi connectivity index (χ3n) is 6.54. The van der Waals surface area contributed by atoms with Gasteiger partial charge in [0.25, 0.3) is 0 Å². The summed E-state index contributed by atoms with van der Waals surface area (Å²) in [6, 6.07) is 25.2. The number of carbonyl (C=O) groups is 2. The first-order chi connectivity index (χ1) is 15.4. The van der Waals surface area contributed by atoms with Crippen LogP contribution in [0.15, 0.2) is 78.9 Å². The number of carbonyl (C=O) groups excluding carboxylic acids is 2. The third kappa shape index (κ3) is 3.54. The van der Waals surface area contributed by atoms with Crippen LogP contribution < -0.4 is 10.1 Å². The minimum absolute atomic E-state index is 0.202. The van der Waals surface area contributed by atoms with Crippen molar-refractivity contribution >= 4 is 17.5 Å². The van der Waals surface area contributed by atoms with Crippen LogP contribution in [0, 0.1) is 12.8 Å². The molecule has 1 saturated heterocycles. The average molecular weight is 427 g/mol. The van der Waals surface area contributed by atoms with Crippen LogP contribution in [0.25, 0.3) is 0 Å². The van der Waals surface area contributed by atoms with Crippen LogP contribution in [0.2, 0.25) is 0 Å². The van der Waals surface area contributed by atoms with E-state index in [4.69, 9.17) is 4.74 Å². The van der Waals surface area contributed by atoms with Gasteiger partial charge in [0.1, 0.15) is 11.7 Å². The number of rotatable bonds is 4. The number of amides is 2. The molecule has 0 saturated carbocycles. The number of hydrogen-bond donors (Lipinski definition) is 1. The van der Waals surface area contributed by atoms with Crippen molar-refractivity contribution in [2.45, 2.75) is 38.5 Å². The Morgan fingerprint density at radius 2 is 1.72 bits per heavy atom. The number of nitrogens with one attached hydrogen (secondary N) is 1. The molecule has 162 valence electrons. The van der Waals surface area contributed by atoms with E-state index >= 15 is 0 Å². The highest BCUT2D eigenvalue weighted by atomic mass is 16.5. The Balaban J connectivity index is 1.53. The van der Waals surface area contributed by atoms with E-state index in [2.05, 4.69) is 5.32 Å². The van der Waals surface area contributed by atoms with Crippen molar-refractivity contribution in [3.63, 3.8) is 0 Å². The molecule has 2 aliphatic rings. The van der Waals surface area contributed by atoms with Crippen molar-refractivity contribution in [3.05, 3.63) is 95.6 Å². The second-order valence-electron chi connectivity index (χ2n) is 8.87. The zero-order valence-corrected chi connectivity index (χ0v) is 18.2. The lowest BCUT2D eigenvalue weighted by Crippen LogP contribution is -2.63. The number of piperidine rings is 1. The summed E-state index contributed by atoms with van der Waals surface area (Å²) in [6.45, 7) is 4.34. The van der Waals surface area contributed by atoms with Gasteiger partial charge >= 0.3 is 0 Å². The number of ether oxygens (including phenoxy) is 1. The maximum atomic E-state index is 13.8. The minimum atomic E-state index is -0.821. The molecular weight excluding hydrogens is 400 g/mol.